The van der Waals surface area contributed by atoms with Crippen molar-refractivity contribution in [1.82, 2.24) is 4.90 Å². The molecule has 1 unspecified atom stereocenters. The van der Waals surface area contributed by atoms with Gasteiger partial charge in [-0.1, -0.05) is 0 Å². The van der Waals surface area contributed by atoms with E-state index in [1.54, 1.807) is 30.8 Å². The summed E-state index contributed by atoms with van der Waals surface area (Å²) in [6.45, 7) is 0. The van der Waals surface area contributed by atoms with Crippen LogP contribution in [0.4, 0.5) is 0 Å². The van der Waals surface area contributed by atoms with E-state index in [1.165, 1.54) is 0 Å². The van der Waals surface area contributed by atoms with Gasteiger partial charge in [0.15, 0.2) is 0 Å². The van der Waals surface area contributed by atoms with E-state index < -0.39 is 12.0 Å². The van der Waals surface area contributed by atoms with E-state index in [0.717, 1.165) is 17.9 Å². The Bertz CT molecular complexity index is 234. The minimum atomic E-state index is -0.955. The SMILES string of the molecule is CN(C)C(=O)CCCSCCC(N)C(=O)O. The van der Waals surface area contributed by atoms with E-state index in [1.807, 2.05) is 0 Å². The molecule has 5 nitrogen and oxygen atoms in total. The Morgan fingerprint density at radius 2 is 2.00 bits per heavy atom. The largest absolute Gasteiger partial charge is 0.480 e. The van der Waals surface area contributed by atoms with Crippen LogP contribution in [0.5, 0.6) is 0 Å². The third-order valence-electron chi connectivity index (χ3n) is 2.07. The summed E-state index contributed by atoms with van der Waals surface area (Å²) in [7, 11) is 3.47. The number of carbonyl (C=O) groups is 2. The van der Waals surface area contributed by atoms with Gasteiger partial charge in [0.1, 0.15) is 6.04 Å². The first-order valence-electron chi connectivity index (χ1n) is 5.21. The fourth-order valence-electron chi connectivity index (χ4n) is 0.985. The molecule has 0 radical (unpaired) electrons. The highest BCUT2D eigenvalue weighted by molar-refractivity contribution is 7.99. The van der Waals surface area contributed by atoms with Crippen molar-refractivity contribution in [2.45, 2.75) is 25.3 Å². The molecule has 0 bridgehead atoms. The van der Waals surface area contributed by atoms with Crippen molar-refractivity contribution in [3.05, 3.63) is 0 Å². The molecule has 0 aliphatic rings. The van der Waals surface area contributed by atoms with Crippen molar-refractivity contribution >= 4 is 23.6 Å². The van der Waals surface area contributed by atoms with Gasteiger partial charge in [-0.3, -0.25) is 9.59 Å². The van der Waals surface area contributed by atoms with Gasteiger partial charge >= 0.3 is 5.97 Å². The van der Waals surface area contributed by atoms with Crippen molar-refractivity contribution < 1.29 is 14.7 Å². The molecular formula is C10H20N2O3S. The number of aliphatic carboxylic acids is 1. The molecule has 0 spiro atoms. The standard InChI is InChI=1S/C10H20N2O3S/c1-12(2)9(13)4-3-6-16-7-5-8(11)10(14)15/h8H,3-7,11H2,1-2H3,(H,14,15). The summed E-state index contributed by atoms with van der Waals surface area (Å²) in [6, 6.07) is -0.768. The third kappa shape index (κ3) is 7.53. The lowest BCUT2D eigenvalue weighted by Crippen LogP contribution is -2.30. The molecule has 6 heteroatoms. The highest BCUT2D eigenvalue weighted by Crippen LogP contribution is 2.08. The van der Waals surface area contributed by atoms with Gasteiger partial charge in [-0.25, -0.2) is 0 Å². The monoisotopic (exact) mass is 248 g/mol. The van der Waals surface area contributed by atoms with Gasteiger partial charge in [0.25, 0.3) is 0 Å². The number of nitrogens with two attached hydrogens (primary N) is 1. The lowest BCUT2D eigenvalue weighted by molar-refractivity contribution is -0.138. The maximum Gasteiger partial charge on any atom is 0.320 e. The molecule has 0 rings (SSSR count). The van der Waals surface area contributed by atoms with Gasteiger partial charge in [0, 0.05) is 20.5 Å². The van der Waals surface area contributed by atoms with Crippen LogP contribution in [0.25, 0.3) is 0 Å². The van der Waals surface area contributed by atoms with Crippen molar-refractivity contribution in [1.29, 1.82) is 0 Å². The minimum absolute atomic E-state index is 0.128. The summed E-state index contributed by atoms with van der Waals surface area (Å²) in [4.78, 5) is 23.2. The maximum absolute atomic E-state index is 11.2. The van der Waals surface area contributed by atoms with E-state index in [0.29, 0.717) is 12.8 Å². The molecule has 0 fully saturated rings. The number of nitrogens with zero attached hydrogens (tertiary/aromatic N) is 1. The number of hydrogen-bond donors (Lipinski definition) is 2. The van der Waals surface area contributed by atoms with E-state index >= 15 is 0 Å². The van der Waals surface area contributed by atoms with Crippen molar-refractivity contribution in [2.75, 3.05) is 25.6 Å². The van der Waals surface area contributed by atoms with Crippen molar-refractivity contribution in [2.24, 2.45) is 5.73 Å². The van der Waals surface area contributed by atoms with Crippen LogP contribution in [0, 0.1) is 0 Å². The fraction of sp³-hybridized carbons (Fsp3) is 0.800. The predicted octanol–water partition coefficient (Wildman–Crippen LogP) is 0.390. The number of thioether (sulfide) groups is 1. The third-order valence-corrected chi connectivity index (χ3v) is 3.17. The summed E-state index contributed by atoms with van der Waals surface area (Å²) in [5, 5.41) is 8.53. The Balaban J connectivity index is 3.34. The first kappa shape index (κ1) is 15.2. The molecule has 0 aromatic rings. The summed E-state index contributed by atoms with van der Waals surface area (Å²) >= 11 is 1.64. The number of amides is 1. The number of carboxylic acids is 1. The van der Waals surface area contributed by atoms with E-state index in [2.05, 4.69) is 0 Å². The summed E-state index contributed by atoms with van der Waals surface area (Å²) < 4.78 is 0. The van der Waals surface area contributed by atoms with Crippen molar-refractivity contribution in [3.63, 3.8) is 0 Å². The summed E-state index contributed by atoms with van der Waals surface area (Å²) in [5.41, 5.74) is 5.35. The van der Waals surface area contributed by atoms with Crippen LogP contribution in [0.3, 0.4) is 0 Å². The quantitative estimate of drug-likeness (QED) is 0.607. The first-order chi connectivity index (χ1) is 7.45. The number of rotatable bonds is 8. The molecule has 1 atom stereocenters. The van der Waals surface area contributed by atoms with Crippen LogP contribution < -0.4 is 5.73 Å². The van der Waals surface area contributed by atoms with Crippen LogP contribution in [0.15, 0.2) is 0 Å². The van der Waals surface area contributed by atoms with Gasteiger partial charge in [0.2, 0.25) is 5.91 Å². The molecule has 1 amide bonds. The molecule has 0 saturated heterocycles. The second-order valence-electron chi connectivity index (χ2n) is 3.74. The van der Waals surface area contributed by atoms with Gasteiger partial charge in [-0.05, 0) is 24.3 Å². The average molecular weight is 248 g/mol. The highest BCUT2D eigenvalue weighted by Gasteiger charge is 2.10. The number of carboxylic acid groups (broad SMARTS) is 1. The van der Waals surface area contributed by atoms with Gasteiger partial charge in [-0.2, -0.15) is 11.8 Å². The Morgan fingerprint density at radius 3 is 2.50 bits per heavy atom. The molecule has 0 aliphatic carbocycles. The second-order valence-corrected chi connectivity index (χ2v) is 4.96. The van der Waals surface area contributed by atoms with Crippen LogP contribution in [-0.4, -0.2) is 53.5 Å². The molecular weight excluding hydrogens is 228 g/mol. The minimum Gasteiger partial charge on any atom is -0.480 e. The van der Waals surface area contributed by atoms with Gasteiger partial charge < -0.3 is 15.7 Å². The van der Waals surface area contributed by atoms with Crippen molar-refractivity contribution in [3.8, 4) is 0 Å². The van der Waals surface area contributed by atoms with E-state index in [4.69, 9.17) is 10.8 Å². The zero-order valence-electron chi connectivity index (χ0n) is 9.81. The first-order valence-corrected chi connectivity index (χ1v) is 6.37. The predicted molar refractivity (Wildman–Crippen MR) is 65.5 cm³/mol. The Labute approximate surface area is 100 Å². The second kappa shape index (κ2) is 8.41. The van der Waals surface area contributed by atoms with Gasteiger partial charge in [-0.15, -0.1) is 0 Å². The lowest BCUT2D eigenvalue weighted by atomic mass is 10.2. The molecule has 16 heavy (non-hydrogen) atoms. The fourth-order valence-corrected chi connectivity index (χ4v) is 1.96. The Kier molecular flexibility index (Phi) is 8.01. The topological polar surface area (TPSA) is 83.6 Å². The molecule has 0 saturated carbocycles. The molecule has 0 aromatic carbocycles. The lowest BCUT2D eigenvalue weighted by Gasteiger charge is -2.09. The van der Waals surface area contributed by atoms with Crippen LogP contribution in [0.2, 0.25) is 0 Å². The Morgan fingerprint density at radius 1 is 1.38 bits per heavy atom. The normalized spacial score (nSPS) is 12.2. The van der Waals surface area contributed by atoms with E-state index in [-0.39, 0.29) is 5.91 Å². The number of carbonyl (C=O) groups excluding carboxylic acids is 1. The molecule has 3 N–H and O–H groups in total. The molecule has 94 valence electrons. The zero-order valence-corrected chi connectivity index (χ0v) is 10.6. The van der Waals surface area contributed by atoms with Crippen LogP contribution >= 0.6 is 11.8 Å². The number of hydrogen-bond acceptors (Lipinski definition) is 4. The van der Waals surface area contributed by atoms with Crippen LogP contribution in [-0.2, 0) is 9.59 Å². The van der Waals surface area contributed by atoms with E-state index in [9.17, 15) is 9.59 Å². The smallest absolute Gasteiger partial charge is 0.320 e. The summed E-state index contributed by atoms with van der Waals surface area (Å²) in [6.07, 6.45) is 1.84. The highest BCUT2D eigenvalue weighted by atomic mass is 32.2. The molecule has 0 aliphatic heterocycles. The Hall–Kier alpha value is -0.750. The average Bonchev–Trinajstić information content (AvgIpc) is 2.21. The zero-order chi connectivity index (χ0) is 12.6. The van der Waals surface area contributed by atoms with Gasteiger partial charge in [0.05, 0.1) is 0 Å². The van der Waals surface area contributed by atoms with Crippen LogP contribution in [0.1, 0.15) is 19.3 Å². The summed E-state index contributed by atoms with van der Waals surface area (Å²) in [5.74, 6) is 0.765. The molecule has 0 aromatic heterocycles. The maximum atomic E-state index is 11.2. The molecule has 0 heterocycles.